The van der Waals surface area contributed by atoms with E-state index in [4.69, 9.17) is 0 Å². The van der Waals surface area contributed by atoms with Crippen molar-refractivity contribution in [1.29, 1.82) is 0 Å². The quantitative estimate of drug-likeness (QED) is 0.493. The van der Waals surface area contributed by atoms with E-state index in [1.54, 1.807) is 4.57 Å². The number of imidazole rings is 1. The van der Waals surface area contributed by atoms with Crippen molar-refractivity contribution in [2.75, 3.05) is 7.05 Å². The summed E-state index contributed by atoms with van der Waals surface area (Å²) >= 11 is 2.12. The topological polar surface area (TPSA) is 46.9 Å². The van der Waals surface area contributed by atoms with Crippen LogP contribution >= 0.6 is 22.6 Å². The predicted molar refractivity (Wildman–Crippen MR) is 97.2 cm³/mol. The van der Waals surface area contributed by atoms with Gasteiger partial charge in [-0.05, 0) is 36.8 Å². The third-order valence-corrected chi connectivity index (χ3v) is 4.46. The summed E-state index contributed by atoms with van der Waals surface area (Å²) in [5.41, 5.74) is 2.20. The fraction of sp³-hybridized carbons (Fsp3) is 0.176. The Morgan fingerprint density at radius 1 is 1.25 bits per heavy atom. The molecule has 0 aliphatic heterocycles. The van der Waals surface area contributed by atoms with Crippen molar-refractivity contribution < 1.29 is 13.6 Å². The first kappa shape index (κ1) is 16.8. The van der Waals surface area contributed by atoms with Gasteiger partial charge < -0.3 is 9.88 Å². The minimum Gasteiger partial charge on any atom is -0.355 e. The molecule has 0 unspecified atom stereocenters. The van der Waals surface area contributed by atoms with Crippen LogP contribution in [-0.4, -0.2) is 22.5 Å². The fourth-order valence-corrected chi connectivity index (χ4v) is 3.30. The van der Waals surface area contributed by atoms with Crippen LogP contribution in [0, 0.1) is 18.6 Å². The molecule has 124 valence electrons. The Morgan fingerprint density at radius 2 is 1.92 bits per heavy atom. The number of benzene rings is 2. The molecule has 3 rings (SSSR count). The first-order valence-corrected chi connectivity index (χ1v) is 8.73. The van der Waals surface area contributed by atoms with Crippen LogP contribution in [0.5, 0.6) is 0 Å². The van der Waals surface area contributed by atoms with E-state index in [2.05, 4.69) is 32.9 Å². The van der Waals surface area contributed by atoms with E-state index in [1.165, 1.54) is 7.05 Å². The Bertz CT molecular complexity index is 929. The van der Waals surface area contributed by atoms with E-state index < -0.39 is 17.5 Å². The maximum absolute atomic E-state index is 14.5. The molecule has 0 aliphatic carbocycles. The highest BCUT2D eigenvalue weighted by molar-refractivity contribution is 14.1. The Kier molecular flexibility index (Phi) is 4.53. The largest absolute Gasteiger partial charge is 0.355 e. The van der Waals surface area contributed by atoms with Crippen LogP contribution < -0.4 is 5.32 Å². The molecular formula is C17H14F2IN3O. The second-order valence-corrected chi connectivity index (χ2v) is 6.05. The number of alkyl halides is 1. The molecule has 0 spiro atoms. The Labute approximate surface area is 151 Å². The molecule has 0 aliphatic rings. The summed E-state index contributed by atoms with van der Waals surface area (Å²) in [6, 6.07) is 7.74. The number of nitrogens with zero attached hydrogens (tertiary/aromatic N) is 2. The van der Waals surface area contributed by atoms with Gasteiger partial charge in [0.25, 0.3) is 5.91 Å². The number of halogens is 3. The number of amides is 1. The maximum atomic E-state index is 14.5. The van der Waals surface area contributed by atoms with Crippen molar-refractivity contribution >= 4 is 39.5 Å². The molecule has 1 N–H and O–H groups in total. The van der Waals surface area contributed by atoms with E-state index in [1.807, 2.05) is 25.1 Å². The van der Waals surface area contributed by atoms with Crippen LogP contribution in [0.25, 0.3) is 22.4 Å². The Balaban J connectivity index is 2.26. The monoisotopic (exact) mass is 441 g/mol. The summed E-state index contributed by atoms with van der Waals surface area (Å²) in [7, 11) is 1.41. The van der Waals surface area contributed by atoms with Crippen LogP contribution in [0.15, 0.2) is 30.3 Å². The second kappa shape index (κ2) is 6.46. The van der Waals surface area contributed by atoms with Crippen LogP contribution in [0.1, 0.15) is 15.9 Å². The molecule has 0 bridgehead atoms. The molecule has 1 heterocycles. The van der Waals surface area contributed by atoms with Crippen molar-refractivity contribution in [3.05, 3.63) is 53.1 Å². The Hall–Kier alpha value is -2.03. The van der Waals surface area contributed by atoms with Crippen LogP contribution in [0.2, 0.25) is 0 Å². The molecule has 1 amide bonds. The summed E-state index contributed by atoms with van der Waals surface area (Å²) in [6.07, 6.45) is 0. The number of fused-ring (bicyclic) bond motifs is 1. The van der Waals surface area contributed by atoms with Gasteiger partial charge in [0.1, 0.15) is 17.5 Å². The van der Waals surface area contributed by atoms with Gasteiger partial charge in [0.2, 0.25) is 0 Å². The SMILES string of the molecule is CNC(=O)c1cc(F)c(-c2nc3cc(C)ccc3n2CI)c(F)c1. The smallest absolute Gasteiger partial charge is 0.251 e. The molecule has 0 saturated carbocycles. The van der Waals surface area contributed by atoms with Gasteiger partial charge in [-0.1, -0.05) is 28.7 Å². The summed E-state index contributed by atoms with van der Waals surface area (Å²) < 4.78 is 31.3. The number of aryl methyl sites for hydroxylation is 1. The minimum atomic E-state index is -0.813. The van der Waals surface area contributed by atoms with E-state index >= 15 is 0 Å². The van der Waals surface area contributed by atoms with Gasteiger partial charge in [-0.15, -0.1) is 0 Å². The van der Waals surface area contributed by atoms with Gasteiger partial charge in [0.15, 0.2) is 0 Å². The highest BCUT2D eigenvalue weighted by Gasteiger charge is 2.21. The normalized spacial score (nSPS) is 11.0. The fourth-order valence-electron chi connectivity index (χ4n) is 2.61. The molecule has 1 aromatic heterocycles. The van der Waals surface area contributed by atoms with Gasteiger partial charge in [-0.2, -0.15) is 0 Å². The predicted octanol–water partition coefficient (Wildman–Crippen LogP) is 4.04. The molecular weight excluding hydrogens is 427 g/mol. The average molecular weight is 441 g/mol. The maximum Gasteiger partial charge on any atom is 0.251 e. The lowest BCUT2D eigenvalue weighted by molar-refractivity contribution is 0.0962. The van der Waals surface area contributed by atoms with Crippen molar-refractivity contribution in [1.82, 2.24) is 14.9 Å². The lowest BCUT2D eigenvalue weighted by Crippen LogP contribution is -2.18. The lowest BCUT2D eigenvalue weighted by Gasteiger charge is -2.09. The molecule has 3 aromatic rings. The molecule has 24 heavy (non-hydrogen) atoms. The first-order valence-electron chi connectivity index (χ1n) is 7.20. The summed E-state index contributed by atoms with van der Waals surface area (Å²) in [5, 5.41) is 2.35. The zero-order valence-corrected chi connectivity index (χ0v) is 15.2. The van der Waals surface area contributed by atoms with Crippen molar-refractivity contribution in [2.24, 2.45) is 0 Å². The number of nitrogens with one attached hydrogen (secondary N) is 1. The second-order valence-electron chi connectivity index (χ2n) is 5.37. The lowest BCUT2D eigenvalue weighted by atomic mass is 10.1. The van der Waals surface area contributed by atoms with E-state index in [-0.39, 0.29) is 17.0 Å². The highest BCUT2D eigenvalue weighted by atomic mass is 127. The zero-order valence-electron chi connectivity index (χ0n) is 13.0. The van der Waals surface area contributed by atoms with Crippen molar-refractivity contribution in [3.63, 3.8) is 0 Å². The van der Waals surface area contributed by atoms with Gasteiger partial charge in [0.05, 0.1) is 21.1 Å². The van der Waals surface area contributed by atoms with Crippen molar-refractivity contribution in [3.8, 4) is 11.4 Å². The van der Waals surface area contributed by atoms with Gasteiger partial charge in [-0.3, -0.25) is 4.79 Å². The molecule has 0 atom stereocenters. The molecule has 2 aromatic carbocycles. The Morgan fingerprint density at radius 3 is 2.50 bits per heavy atom. The third-order valence-electron chi connectivity index (χ3n) is 3.78. The van der Waals surface area contributed by atoms with E-state index in [9.17, 15) is 13.6 Å². The number of aromatic nitrogens is 2. The van der Waals surface area contributed by atoms with Gasteiger partial charge >= 0.3 is 0 Å². The van der Waals surface area contributed by atoms with Crippen LogP contribution in [0.3, 0.4) is 0 Å². The standard InChI is InChI=1S/C17H14F2IN3O/c1-9-3-4-14-13(5-9)22-16(23(14)8-20)15-11(18)6-10(7-12(15)19)17(24)21-2/h3-7H,8H2,1-2H3,(H,21,24). The summed E-state index contributed by atoms with van der Waals surface area (Å²) in [6.45, 7) is 1.93. The van der Waals surface area contributed by atoms with Gasteiger partial charge in [0, 0.05) is 12.6 Å². The number of carbonyl (C=O) groups excluding carboxylic acids is 1. The number of rotatable bonds is 3. The number of carbonyl (C=O) groups is 1. The number of hydrogen-bond acceptors (Lipinski definition) is 2. The molecule has 0 radical (unpaired) electrons. The third kappa shape index (κ3) is 2.77. The van der Waals surface area contributed by atoms with Crippen molar-refractivity contribution in [2.45, 2.75) is 11.5 Å². The molecule has 7 heteroatoms. The first-order chi connectivity index (χ1) is 11.5. The molecule has 4 nitrogen and oxygen atoms in total. The summed E-state index contributed by atoms with van der Waals surface area (Å²) in [5.74, 6) is -1.96. The average Bonchev–Trinajstić information content (AvgIpc) is 2.90. The van der Waals surface area contributed by atoms with Crippen LogP contribution in [-0.2, 0) is 4.55 Å². The minimum absolute atomic E-state index is 0.0655. The van der Waals surface area contributed by atoms with Gasteiger partial charge in [-0.25, -0.2) is 13.8 Å². The highest BCUT2D eigenvalue weighted by Crippen LogP contribution is 2.31. The van der Waals surface area contributed by atoms with Crippen LogP contribution in [0.4, 0.5) is 8.78 Å². The van der Waals surface area contributed by atoms with E-state index in [0.717, 1.165) is 23.2 Å². The molecule has 0 fully saturated rings. The number of hydrogen-bond donors (Lipinski definition) is 1. The zero-order chi connectivity index (χ0) is 17.4. The summed E-state index contributed by atoms with van der Waals surface area (Å²) in [4.78, 5) is 16.0. The molecule has 0 saturated heterocycles. The van der Waals surface area contributed by atoms with E-state index in [0.29, 0.717) is 10.1 Å².